The zero-order valence-electron chi connectivity index (χ0n) is 7.89. The minimum atomic E-state index is 0.265. The van der Waals surface area contributed by atoms with E-state index in [1.165, 1.54) is 5.56 Å². The van der Waals surface area contributed by atoms with Gasteiger partial charge in [-0.1, -0.05) is 0 Å². The number of hydrogen-bond donors (Lipinski definition) is 0. The van der Waals surface area contributed by atoms with Gasteiger partial charge in [-0.15, -0.1) is 0 Å². The normalized spacial score (nSPS) is 14.5. The van der Waals surface area contributed by atoms with Crippen molar-refractivity contribution in [2.24, 2.45) is 0 Å². The minimum Gasteiger partial charge on any atom is -0.496 e. The van der Waals surface area contributed by atoms with E-state index < -0.39 is 0 Å². The fourth-order valence-corrected chi connectivity index (χ4v) is 1.91. The standard InChI is InChI=1S/C11H12O2/c1-7-8-3-5-10(12)9(8)4-6-11(7)13-2/h4,6H,3,5H2,1-2H3. The third-order valence-corrected chi connectivity index (χ3v) is 2.67. The van der Waals surface area contributed by atoms with E-state index in [-0.39, 0.29) is 5.78 Å². The summed E-state index contributed by atoms with van der Waals surface area (Å²) in [4.78, 5) is 11.4. The van der Waals surface area contributed by atoms with Crippen molar-refractivity contribution in [2.75, 3.05) is 7.11 Å². The number of rotatable bonds is 1. The summed E-state index contributed by atoms with van der Waals surface area (Å²) in [5, 5.41) is 0. The number of ketones is 1. The van der Waals surface area contributed by atoms with Crippen LogP contribution in [0.25, 0.3) is 0 Å². The molecule has 0 aliphatic heterocycles. The maximum absolute atomic E-state index is 11.4. The van der Waals surface area contributed by atoms with Crippen LogP contribution in [0.2, 0.25) is 0 Å². The number of hydrogen-bond acceptors (Lipinski definition) is 2. The molecule has 0 N–H and O–H groups in total. The summed E-state index contributed by atoms with van der Waals surface area (Å²) in [7, 11) is 1.66. The monoisotopic (exact) mass is 176 g/mol. The molecule has 1 aromatic rings. The van der Waals surface area contributed by atoms with E-state index in [2.05, 4.69) is 0 Å². The Bertz CT molecular complexity index is 367. The fourth-order valence-electron chi connectivity index (χ4n) is 1.91. The van der Waals surface area contributed by atoms with Crippen molar-refractivity contribution in [3.63, 3.8) is 0 Å². The molecule has 2 nitrogen and oxygen atoms in total. The molecule has 2 heteroatoms. The highest BCUT2D eigenvalue weighted by molar-refractivity contribution is 6.01. The molecule has 13 heavy (non-hydrogen) atoms. The number of carbonyl (C=O) groups excluding carboxylic acids is 1. The molecule has 68 valence electrons. The second-order valence-electron chi connectivity index (χ2n) is 3.34. The number of ether oxygens (including phenoxy) is 1. The van der Waals surface area contributed by atoms with Gasteiger partial charge in [0.05, 0.1) is 7.11 Å². The van der Waals surface area contributed by atoms with Crippen molar-refractivity contribution in [1.82, 2.24) is 0 Å². The number of Topliss-reactive ketones (excluding diaryl/α,β-unsaturated/α-hetero) is 1. The lowest BCUT2D eigenvalue weighted by molar-refractivity contribution is 0.0994. The SMILES string of the molecule is COc1ccc2c(c1C)CCC2=O. The van der Waals surface area contributed by atoms with Gasteiger partial charge in [-0.25, -0.2) is 0 Å². The molecule has 0 bridgehead atoms. The average Bonchev–Trinajstić information content (AvgIpc) is 2.50. The molecule has 0 amide bonds. The van der Waals surface area contributed by atoms with Crippen molar-refractivity contribution >= 4 is 5.78 Å². The second-order valence-corrected chi connectivity index (χ2v) is 3.34. The van der Waals surface area contributed by atoms with E-state index in [1.54, 1.807) is 7.11 Å². The molecular weight excluding hydrogens is 164 g/mol. The highest BCUT2D eigenvalue weighted by Crippen LogP contribution is 2.30. The minimum absolute atomic E-state index is 0.265. The topological polar surface area (TPSA) is 26.3 Å². The Morgan fingerprint density at radius 1 is 1.31 bits per heavy atom. The maximum atomic E-state index is 11.4. The Kier molecular flexibility index (Phi) is 1.83. The van der Waals surface area contributed by atoms with Gasteiger partial charge in [0.2, 0.25) is 0 Å². The molecule has 1 aliphatic carbocycles. The van der Waals surface area contributed by atoms with E-state index in [9.17, 15) is 4.79 Å². The van der Waals surface area contributed by atoms with Gasteiger partial charge in [-0.05, 0) is 36.6 Å². The van der Waals surface area contributed by atoms with Crippen LogP contribution in [0.1, 0.15) is 27.9 Å². The van der Waals surface area contributed by atoms with E-state index in [0.29, 0.717) is 6.42 Å². The Morgan fingerprint density at radius 2 is 2.08 bits per heavy atom. The molecule has 0 aromatic heterocycles. The Labute approximate surface area is 77.5 Å². The number of carbonyl (C=O) groups is 1. The van der Waals surface area contributed by atoms with Gasteiger partial charge in [0.15, 0.2) is 5.78 Å². The summed E-state index contributed by atoms with van der Waals surface area (Å²) in [6.45, 7) is 2.01. The second kappa shape index (κ2) is 2.87. The van der Waals surface area contributed by atoms with Crippen LogP contribution in [0.3, 0.4) is 0 Å². The van der Waals surface area contributed by atoms with E-state index in [4.69, 9.17) is 4.74 Å². The third-order valence-electron chi connectivity index (χ3n) is 2.67. The molecule has 0 atom stereocenters. The van der Waals surface area contributed by atoms with Gasteiger partial charge in [0, 0.05) is 12.0 Å². The van der Waals surface area contributed by atoms with Crippen molar-refractivity contribution < 1.29 is 9.53 Å². The average molecular weight is 176 g/mol. The highest BCUT2D eigenvalue weighted by atomic mass is 16.5. The molecule has 2 rings (SSSR count). The van der Waals surface area contributed by atoms with Crippen LogP contribution in [-0.2, 0) is 6.42 Å². The van der Waals surface area contributed by atoms with Crippen molar-refractivity contribution in [1.29, 1.82) is 0 Å². The molecule has 0 fully saturated rings. The molecule has 0 unspecified atom stereocenters. The van der Waals surface area contributed by atoms with Crippen LogP contribution in [0.4, 0.5) is 0 Å². The number of benzene rings is 1. The molecule has 0 spiro atoms. The lowest BCUT2D eigenvalue weighted by atomic mass is 10.0. The predicted octanol–water partition coefficient (Wildman–Crippen LogP) is 2.13. The van der Waals surface area contributed by atoms with Crippen LogP contribution in [0.5, 0.6) is 5.75 Å². The van der Waals surface area contributed by atoms with Crippen molar-refractivity contribution in [2.45, 2.75) is 19.8 Å². The summed E-state index contributed by atoms with van der Waals surface area (Å²) >= 11 is 0. The first kappa shape index (κ1) is 8.30. The number of fused-ring (bicyclic) bond motifs is 1. The zero-order chi connectivity index (χ0) is 9.42. The van der Waals surface area contributed by atoms with Crippen LogP contribution < -0.4 is 4.74 Å². The van der Waals surface area contributed by atoms with E-state index in [1.807, 2.05) is 19.1 Å². The Hall–Kier alpha value is -1.31. The third kappa shape index (κ3) is 1.13. The summed E-state index contributed by atoms with van der Waals surface area (Å²) in [5.74, 6) is 1.15. The van der Waals surface area contributed by atoms with Crippen LogP contribution in [0, 0.1) is 6.92 Å². The van der Waals surface area contributed by atoms with Gasteiger partial charge < -0.3 is 4.74 Å². The van der Waals surface area contributed by atoms with Crippen LogP contribution in [0.15, 0.2) is 12.1 Å². The molecular formula is C11H12O2. The zero-order valence-corrected chi connectivity index (χ0v) is 7.89. The van der Waals surface area contributed by atoms with Gasteiger partial charge in [0.1, 0.15) is 5.75 Å². The fraction of sp³-hybridized carbons (Fsp3) is 0.364. The lowest BCUT2D eigenvalue weighted by Gasteiger charge is -2.08. The largest absolute Gasteiger partial charge is 0.496 e. The first-order chi connectivity index (χ1) is 6.24. The van der Waals surface area contributed by atoms with E-state index in [0.717, 1.165) is 23.3 Å². The molecule has 0 saturated carbocycles. The van der Waals surface area contributed by atoms with Crippen molar-refractivity contribution in [3.05, 3.63) is 28.8 Å². The lowest BCUT2D eigenvalue weighted by Crippen LogP contribution is -1.95. The van der Waals surface area contributed by atoms with Gasteiger partial charge >= 0.3 is 0 Å². The quantitative estimate of drug-likeness (QED) is 0.655. The van der Waals surface area contributed by atoms with Crippen molar-refractivity contribution in [3.8, 4) is 5.75 Å². The molecule has 1 aliphatic rings. The smallest absolute Gasteiger partial charge is 0.163 e. The Balaban J connectivity index is 2.60. The highest BCUT2D eigenvalue weighted by Gasteiger charge is 2.22. The summed E-state index contributed by atoms with van der Waals surface area (Å²) in [5.41, 5.74) is 3.17. The molecule has 1 aromatic carbocycles. The molecule has 0 saturated heterocycles. The number of methoxy groups -OCH3 is 1. The van der Waals surface area contributed by atoms with E-state index >= 15 is 0 Å². The predicted molar refractivity (Wildman–Crippen MR) is 50.4 cm³/mol. The summed E-state index contributed by atoms with van der Waals surface area (Å²) in [6.07, 6.45) is 1.53. The molecule has 0 radical (unpaired) electrons. The Morgan fingerprint density at radius 3 is 2.77 bits per heavy atom. The van der Waals surface area contributed by atoms with Crippen LogP contribution in [-0.4, -0.2) is 12.9 Å². The summed E-state index contributed by atoms with van der Waals surface area (Å²) in [6, 6.07) is 3.74. The first-order valence-corrected chi connectivity index (χ1v) is 4.43. The van der Waals surface area contributed by atoms with Crippen LogP contribution >= 0.6 is 0 Å². The summed E-state index contributed by atoms with van der Waals surface area (Å²) < 4.78 is 5.19. The van der Waals surface area contributed by atoms with Gasteiger partial charge in [-0.3, -0.25) is 4.79 Å². The van der Waals surface area contributed by atoms with Gasteiger partial charge in [-0.2, -0.15) is 0 Å². The van der Waals surface area contributed by atoms with Gasteiger partial charge in [0.25, 0.3) is 0 Å². The first-order valence-electron chi connectivity index (χ1n) is 4.43. The maximum Gasteiger partial charge on any atom is 0.163 e. The molecule has 0 heterocycles.